The maximum atomic E-state index is 12.7. The highest BCUT2D eigenvalue weighted by Crippen LogP contribution is 2.36. The molecule has 1 aromatic carbocycles. The zero-order valence-electron chi connectivity index (χ0n) is 12.2. The number of ether oxygens (including phenoxy) is 1. The number of carbonyl (C=O) groups is 1. The molecule has 0 unspecified atom stereocenters. The minimum absolute atomic E-state index is 0.0836. The molecule has 8 heteroatoms. The topological polar surface area (TPSA) is 75.7 Å². The largest absolute Gasteiger partial charge is 0.379 e. The molecule has 0 bridgehead atoms. The number of benzene rings is 1. The van der Waals surface area contributed by atoms with Crippen molar-refractivity contribution in [3.8, 4) is 0 Å². The van der Waals surface area contributed by atoms with Crippen molar-refractivity contribution < 1.29 is 17.9 Å². The summed E-state index contributed by atoms with van der Waals surface area (Å²) in [4.78, 5) is 12.9. The van der Waals surface area contributed by atoms with Crippen molar-refractivity contribution in [1.82, 2.24) is 4.31 Å². The Morgan fingerprint density at radius 2 is 2.05 bits per heavy atom. The van der Waals surface area contributed by atoms with Crippen LogP contribution in [0.3, 0.4) is 0 Å². The Morgan fingerprint density at radius 1 is 1.32 bits per heavy atom. The fourth-order valence-electron chi connectivity index (χ4n) is 2.53. The quantitative estimate of drug-likeness (QED) is 0.882. The molecule has 2 aliphatic heterocycles. The fourth-order valence-corrected chi connectivity index (χ4v) is 5.01. The lowest BCUT2D eigenvalue weighted by Crippen LogP contribution is -2.40. The van der Waals surface area contributed by atoms with Crippen molar-refractivity contribution >= 4 is 33.4 Å². The van der Waals surface area contributed by atoms with Crippen LogP contribution in [0, 0.1) is 0 Å². The van der Waals surface area contributed by atoms with Crippen LogP contribution in [0.4, 0.5) is 5.69 Å². The lowest BCUT2D eigenvalue weighted by Gasteiger charge is -2.26. The Kier molecular flexibility index (Phi) is 4.44. The molecule has 1 saturated heterocycles. The number of hydrogen-bond donors (Lipinski definition) is 1. The first kappa shape index (κ1) is 15.8. The SMILES string of the molecule is C[C@H]1CC(=O)Nc2cc(S(=O)(=O)N3CCOCC3)ccc2S1. The summed E-state index contributed by atoms with van der Waals surface area (Å²) in [5.41, 5.74) is 0.577. The summed E-state index contributed by atoms with van der Waals surface area (Å²) < 4.78 is 31.9. The second-order valence-corrected chi connectivity index (χ2v) is 8.77. The summed E-state index contributed by atoms with van der Waals surface area (Å²) in [6.45, 7) is 3.52. The molecule has 1 amide bonds. The summed E-state index contributed by atoms with van der Waals surface area (Å²) in [5, 5.41) is 2.97. The fraction of sp³-hybridized carbons (Fsp3) is 0.500. The van der Waals surface area contributed by atoms with E-state index in [9.17, 15) is 13.2 Å². The Bertz CT molecular complexity index is 684. The van der Waals surface area contributed by atoms with Gasteiger partial charge in [-0.05, 0) is 18.2 Å². The zero-order valence-corrected chi connectivity index (χ0v) is 13.9. The minimum Gasteiger partial charge on any atom is -0.379 e. The lowest BCUT2D eigenvalue weighted by molar-refractivity contribution is -0.116. The first-order chi connectivity index (χ1) is 10.5. The Morgan fingerprint density at radius 3 is 2.77 bits per heavy atom. The molecule has 1 atom stereocenters. The average Bonchev–Trinajstić information content (AvgIpc) is 2.63. The van der Waals surface area contributed by atoms with Crippen LogP contribution >= 0.6 is 11.8 Å². The molecule has 2 aliphatic rings. The van der Waals surface area contributed by atoms with Gasteiger partial charge in [0, 0.05) is 29.7 Å². The summed E-state index contributed by atoms with van der Waals surface area (Å²) >= 11 is 1.58. The van der Waals surface area contributed by atoms with Gasteiger partial charge >= 0.3 is 0 Å². The van der Waals surface area contributed by atoms with Gasteiger partial charge in [0.1, 0.15) is 0 Å². The van der Waals surface area contributed by atoms with Crippen LogP contribution in [0.25, 0.3) is 0 Å². The Labute approximate surface area is 134 Å². The minimum atomic E-state index is -3.55. The van der Waals surface area contributed by atoms with E-state index in [0.717, 1.165) is 4.90 Å². The number of amides is 1. The zero-order chi connectivity index (χ0) is 15.7. The summed E-state index contributed by atoms with van der Waals surface area (Å²) in [5.74, 6) is -0.0836. The molecule has 0 aliphatic carbocycles. The number of morpholine rings is 1. The number of rotatable bonds is 2. The third kappa shape index (κ3) is 3.15. The van der Waals surface area contributed by atoms with Crippen LogP contribution < -0.4 is 5.32 Å². The standard InChI is InChI=1S/C14H18N2O4S2/c1-10-8-14(17)15-12-9-11(2-3-13(12)21-10)22(18,19)16-4-6-20-7-5-16/h2-3,9-10H,4-8H2,1H3,(H,15,17)/t10-/m0/s1. The summed E-state index contributed by atoms with van der Waals surface area (Å²) in [6.07, 6.45) is 0.422. The van der Waals surface area contributed by atoms with E-state index in [1.807, 2.05) is 6.92 Å². The highest BCUT2D eigenvalue weighted by atomic mass is 32.2. The van der Waals surface area contributed by atoms with Gasteiger partial charge in [-0.3, -0.25) is 4.79 Å². The molecule has 120 valence electrons. The van der Waals surface area contributed by atoms with E-state index < -0.39 is 10.0 Å². The van der Waals surface area contributed by atoms with Crippen LogP contribution in [-0.2, 0) is 19.6 Å². The Balaban J connectivity index is 1.94. The number of hydrogen-bond acceptors (Lipinski definition) is 5. The van der Waals surface area contributed by atoms with E-state index in [0.29, 0.717) is 38.4 Å². The highest BCUT2D eigenvalue weighted by molar-refractivity contribution is 8.00. The number of nitrogens with zero attached hydrogens (tertiary/aromatic N) is 1. The molecule has 1 fully saturated rings. The van der Waals surface area contributed by atoms with Gasteiger partial charge in [0.05, 0.1) is 23.8 Å². The number of anilines is 1. The normalized spacial score (nSPS) is 23.5. The van der Waals surface area contributed by atoms with E-state index >= 15 is 0 Å². The molecule has 0 aromatic heterocycles. The van der Waals surface area contributed by atoms with Gasteiger partial charge in [-0.15, -0.1) is 11.8 Å². The van der Waals surface area contributed by atoms with E-state index in [-0.39, 0.29) is 16.1 Å². The number of thioether (sulfide) groups is 1. The van der Waals surface area contributed by atoms with Gasteiger partial charge in [0.25, 0.3) is 0 Å². The van der Waals surface area contributed by atoms with Gasteiger partial charge in [0.15, 0.2) is 0 Å². The lowest BCUT2D eigenvalue weighted by atomic mass is 10.3. The van der Waals surface area contributed by atoms with Gasteiger partial charge in [-0.1, -0.05) is 6.92 Å². The summed E-state index contributed by atoms with van der Waals surface area (Å²) in [6, 6.07) is 4.94. The van der Waals surface area contributed by atoms with Gasteiger partial charge in [0.2, 0.25) is 15.9 Å². The number of sulfonamides is 1. The van der Waals surface area contributed by atoms with Crippen LogP contribution in [-0.4, -0.2) is 50.2 Å². The molecule has 6 nitrogen and oxygen atoms in total. The molecule has 1 aromatic rings. The van der Waals surface area contributed by atoms with Crippen LogP contribution in [0.2, 0.25) is 0 Å². The van der Waals surface area contributed by atoms with Crippen molar-refractivity contribution in [2.75, 3.05) is 31.6 Å². The maximum absolute atomic E-state index is 12.7. The van der Waals surface area contributed by atoms with Crippen molar-refractivity contribution in [1.29, 1.82) is 0 Å². The van der Waals surface area contributed by atoms with Crippen LogP contribution in [0.5, 0.6) is 0 Å². The molecule has 0 radical (unpaired) electrons. The molecule has 0 spiro atoms. The van der Waals surface area contributed by atoms with Crippen molar-refractivity contribution in [2.45, 2.75) is 28.4 Å². The third-order valence-electron chi connectivity index (χ3n) is 3.63. The number of nitrogens with one attached hydrogen (secondary N) is 1. The molecular formula is C14H18N2O4S2. The predicted molar refractivity (Wildman–Crippen MR) is 84.6 cm³/mol. The van der Waals surface area contributed by atoms with Crippen LogP contribution in [0.1, 0.15) is 13.3 Å². The summed E-state index contributed by atoms with van der Waals surface area (Å²) in [7, 11) is -3.55. The van der Waals surface area contributed by atoms with E-state index in [2.05, 4.69) is 5.32 Å². The molecule has 1 N–H and O–H groups in total. The first-order valence-electron chi connectivity index (χ1n) is 7.15. The molecule has 3 rings (SSSR count). The average molecular weight is 342 g/mol. The maximum Gasteiger partial charge on any atom is 0.243 e. The van der Waals surface area contributed by atoms with Crippen molar-refractivity contribution in [3.63, 3.8) is 0 Å². The van der Waals surface area contributed by atoms with Crippen LogP contribution in [0.15, 0.2) is 28.0 Å². The van der Waals surface area contributed by atoms with E-state index in [4.69, 9.17) is 4.74 Å². The van der Waals surface area contributed by atoms with Gasteiger partial charge in [-0.25, -0.2) is 8.42 Å². The third-order valence-corrected chi connectivity index (χ3v) is 6.71. The molecule has 22 heavy (non-hydrogen) atoms. The predicted octanol–water partition coefficient (Wildman–Crippen LogP) is 1.53. The van der Waals surface area contributed by atoms with Gasteiger partial charge in [-0.2, -0.15) is 4.31 Å². The van der Waals surface area contributed by atoms with Gasteiger partial charge < -0.3 is 10.1 Å². The number of carbonyl (C=O) groups excluding carboxylic acids is 1. The molecule has 0 saturated carbocycles. The number of fused-ring (bicyclic) bond motifs is 1. The monoisotopic (exact) mass is 342 g/mol. The second kappa shape index (κ2) is 6.19. The Hall–Kier alpha value is -1.09. The van der Waals surface area contributed by atoms with Crippen molar-refractivity contribution in [2.24, 2.45) is 0 Å². The highest BCUT2D eigenvalue weighted by Gasteiger charge is 2.28. The smallest absolute Gasteiger partial charge is 0.243 e. The molecule has 2 heterocycles. The second-order valence-electron chi connectivity index (χ2n) is 5.36. The van der Waals surface area contributed by atoms with E-state index in [1.54, 1.807) is 30.0 Å². The first-order valence-corrected chi connectivity index (χ1v) is 9.47. The molecular weight excluding hydrogens is 324 g/mol. The van der Waals surface area contributed by atoms with E-state index in [1.165, 1.54) is 4.31 Å². The van der Waals surface area contributed by atoms with Crippen molar-refractivity contribution in [3.05, 3.63) is 18.2 Å².